The second kappa shape index (κ2) is 6.36. The van der Waals surface area contributed by atoms with E-state index in [-0.39, 0.29) is 12.1 Å². The van der Waals surface area contributed by atoms with Gasteiger partial charge in [-0.1, -0.05) is 6.92 Å². The Bertz CT molecular complexity index is 451. The SMILES string of the molecule is CCC(CO)(CCCn1ccc(C(F)(F)F)n1)NC1CC1. The van der Waals surface area contributed by atoms with Crippen molar-refractivity contribution in [3.63, 3.8) is 0 Å². The Morgan fingerprint density at radius 1 is 1.43 bits per heavy atom. The maximum absolute atomic E-state index is 12.5. The Hall–Kier alpha value is -1.08. The monoisotopic (exact) mass is 305 g/mol. The lowest BCUT2D eigenvalue weighted by molar-refractivity contribution is -0.141. The fraction of sp³-hybridized carbons (Fsp3) is 0.786. The highest BCUT2D eigenvalue weighted by atomic mass is 19.4. The third kappa shape index (κ3) is 4.44. The summed E-state index contributed by atoms with van der Waals surface area (Å²) >= 11 is 0. The van der Waals surface area contributed by atoms with E-state index in [1.54, 1.807) is 0 Å². The maximum Gasteiger partial charge on any atom is 0.435 e. The predicted octanol–water partition coefficient (Wildman–Crippen LogP) is 2.58. The fourth-order valence-electron chi connectivity index (χ4n) is 2.47. The first-order valence-electron chi connectivity index (χ1n) is 7.38. The topological polar surface area (TPSA) is 50.1 Å². The highest BCUT2D eigenvalue weighted by Crippen LogP contribution is 2.28. The van der Waals surface area contributed by atoms with Gasteiger partial charge in [-0.3, -0.25) is 4.68 Å². The van der Waals surface area contributed by atoms with Crippen molar-refractivity contribution in [1.82, 2.24) is 15.1 Å². The van der Waals surface area contributed by atoms with Gasteiger partial charge >= 0.3 is 6.18 Å². The van der Waals surface area contributed by atoms with Crippen LogP contribution in [0.3, 0.4) is 0 Å². The van der Waals surface area contributed by atoms with Crippen LogP contribution in [0, 0.1) is 0 Å². The molecule has 1 aliphatic carbocycles. The van der Waals surface area contributed by atoms with Gasteiger partial charge in [-0.25, -0.2) is 0 Å². The molecule has 0 aromatic carbocycles. The van der Waals surface area contributed by atoms with Crippen molar-refractivity contribution in [3.8, 4) is 0 Å². The van der Waals surface area contributed by atoms with E-state index in [1.165, 1.54) is 10.9 Å². The molecule has 1 unspecified atom stereocenters. The van der Waals surface area contributed by atoms with E-state index < -0.39 is 11.9 Å². The van der Waals surface area contributed by atoms with Crippen molar-refractivity contribution in [2.24, 2.45) is 0 Å². The van der Waals surface area contributed by atoms with Crippen LogP contribution in [0.2, 0.25) is 0 Å². The first-order chi connectivity index (χ1) is 9.88. The van der Waals surface area contributed by atoms with Crippen molar-refractivity contribution in [3.05, 3.63) is 18.0 Å². The van der Waals surface area contributed by atoms with Crippen molar-refractivity contribution < 1.29 is 18.3 Å². The zero-order valence-corrected chi connectivity index (χ0v) is 12.2. The number of aromatic nitrogens is 2. The van der Waals surface area contributed by atoms with Gasteiger partial charge in [0, 0.05) is 24.3 Å². The molecule has 4 nitrogen and oxygen atoms in total. The zero-order valence-electron chi connectivity index (χ0n) is 12.2. The lowest BCUT2D eigenvalue weighted by Crippen LogP contribution is -2.49. The first kappa shape index (κ1) is 16.3. The molecule has 1 atom stereocenters. The van der Waals surface area contributed by atoms with Crippen LogP contribution in [0.25, 0.3) is 0 Å². The van der Waals surface area contributed by atoms with Crippen molar-refractivity contribution in [1.29, 1.82) is 0 Å². The Balaban J connectivity index is 1.85. The molecule has 120 valence electrons. The number of aryl methyl sites for hydroxylation is 1. The number of alkyl halides is 3. The molecular formula is C14H22F3N3O. The summed E-state index contributed by atoms with van der Waals surface area (Å²) in [7, 11) is 0. The molecule has 7 heteroatoms. The van der Waals surface area contributed by atoms with Gasteiger partial charge < -0.3 is 10.4 Å². The summed E-state index contributed by atoms with van der Waals surface area (Å²) in [6.45, 7) is 2.48. The van der Waals surface area contributed by atoms with Crippen molar-refractivity contribution in [2.45, 2.75) is 63.3 Å². The minimum Gasteiger partial charge on any atom is -0.394 e. The molecule has 0 amide bonds. The number of hydrogen-bond donors (Lipinski definition) is 2. The van der Waals surface area contributed by atoms with E-state index in [1.807, 2.05) is 6.92 Å². The number of halogens is 3. The molecule has 1 saturated carbocycles. The minimum atomic E-state index is -4.39. The van der Waals surface area contributed by atoms with Gasteiger partial charge in [-0.15, -0.1) is 0 Å². The standard InChI is InChI=1S/C14H22F3N3O/c1-2-13(10-21,18-11-4-5-11)7-3-8-20-9-6-12(19-20)14(15,16)17/h6,9,11,18,21H,2-5,7-8,10H2,1H3. The largest absolute Gasteiger partial charge is 0.435 e. The summed E-state index contributed by atoms with van der Waals surface area (Å²) in [5.74, 6) is 0. The van der Waals surface area contributed by atoms with Gasteiger partial charge in [0.05, 0.1) is 6.61 Å². The van der Waals surface area contributed by atoms with Crippen LogP contribution in [0.15, 0.2) is 12.3 Å². The number of rotatable bonds is 8. The molecule has 0 spiro atoms. The summed E-state index contributed by atoms with van der Waals surface area (Å²) < 4.78 is 38.7. The third-order valence-corrected chi connectivity index (χ3v) is 4.04. The molecule has 2 N–H and O–H groups in total. The van der Waals surface area contributed by atoms with Gasteiger partial charge in [0.2, 0.25) is 0 Å². The van der Waals surface area contributed by atoms with Gasteiger partial charge in [0.25, 0.3) is 0 Å². The van der Waals surface area contributed by atoms with Gasteiger partial charge in [0.15, 0.2) is 5.69 Å². The molecule has 1 fully saturated rings. The van der Waals surface area contributed by atoms with E-state index in [9.17, 15) is 18.3 Å². The van der Waals surface area contributed by atoms with Crippen molar-refractivity contribution >= 4 is 0 Å². The summed E-state index contributed by atoms with van der Waals surface area (Å²) in [4.78, 5) is 0. The summed E-state index contributed by atoms with van der Waals surface area (Å²) in [5.41, 5.74) is -1.18. The number of nitrogens with one attached hydrogen (secondary N) is 1. The molecule has 0 aliphatic heterocycles. The summed E-state index contributed by atoms with van der Waals surface area (Å²) in [6, 6.07) is 1.47. The summed E-state index contributed by atoms with van der Waals surface area (Å²) in [6.07, 6.45) is 1.42. The molecular weight excluding hydrogens is 283 g/mol. The van der Waals surface area contributed by atoms with Crippen LogP contribution in [0.5, 0.6) is 0 Å². The number of hydrogen-bond acceptors (Lipinski definition) is 3. The highest BCUT2D eigenvalue weighted by Gasteiger charge is 2.35. The Kier molecular flexibility index (Phi) is 4.93. The minimum absolute atomic E-state index is 0.0485. The molecule has 1 heterocycles. The summed E-state index contributed by atoms with van der Waals surface area (Å²) in [5, 5.41) is 16.6. The van der Waals surface area contributed by atoms with E-state index in [2.05, 4.69) is 10.4 Å². The highest BCUT2D eigenvalue weighted by molar-refractivity contribution is 5.03. The van der Waals surface area contributed by atoms with Gasteiger partial charge in [-0.2, -0.15) is 18.3 Å². The zero-order chi connectivity index (χ0) is 15.5. The molecule has 1 aromatic heterocycles. The lowest BCUT2D eigenvalue weighted by Gasteiger charge is -2.32. The van der Waals surface area contributed by atoms with E-state index in [0.717, 1.165) is 31.7 Å². The van der Waals surface area contributed by atoms with Crippen LogP contribution >= 0.6 is 0 Å². The van der Waals surface area contributed by atoms with E-state index in [4.69, 9.17) is 0 Å². The second-order valence-corrected chi connectivity index (χ2v) is 5.78. The van der Waals surface area contributed by atoms with Crippen LogP contribution in [0.4, 0.5) is 13.2 Å². The molecule has 2 rings (SSSR count). The molecule has 1 aliphatic rings. The van der Waals surface area contributed by atoms with Crippen LogP contribution in [-0.4, -0.2) is 33.1 Å². The fourth-order valence-corrected chi connectivity index (χ4v) is 2.47. The average molecular weight is 305 g/mol. The Morgan fingerprint density at radius 2 is 2.14 bits per heavy atom. The molecule has 0 saturated heterocycles. The Labute approximate surface area is 122 Å². The lowest BCUT2D eigenvalue weighted by atomic mass is 9.91. The first-order valence-corrected chi connectivity index (χ1v) is 7.38. The molecule has 0 bridgehead atoms. The third-order valence-electron chi connectivity index (χ3n) is 4.04. The number of nitrogens with zero attached hydrogens (tertiary/aromatic N) is 2. The van der Waals surface area contributed by atoms with Crippen LogP contribution in [0.1, 0.15) is 44.7 Å². The molecule has 21 heavy (non-hydrogen) atoms. The number of aliphatic hydroxyl groups is 1. The van der Waals surface area contributed by atoms with E-state index in [0.29, 0.717) is 19.0 Å². The molecule has 1 aromatic rings. The van der Waals surface area contributed by atoms with Gasteiger partial charge in [0.1, 0.15) is 0 Å². The van der Waals surface area contributed by atoms with Gasteiger partial charge in [-0.05, 0) is 38.2 Å². The van der Waals surface area contributed by atoms with E-state index >= 15 is 0 Å². The van der Waals surface area contributed by atoms with Crippen LogP contribution in [-0.2, 0) is 12.7 Å². The number of aliphatic hydroxyl groups excluding tert-OH is 1. The van der Waals surface area contributed by atoms with Crippen LogP contribution < -0.4 is 5.32 Å². The smallest absolute Gasteiger partial charge is 0.394 e. The second-order valence-electron chi connectivity index (χ2n) is 5.78. The maximum atomic E-state index is 12.5. The average Bonchev–Trinajstić information content (AvgIpc) is 3.10. The quantitative estimate of drug-likeness (QED) is 0.776. The Morgan fingerprint density at radius 3 is 2.62 bits per heavy atom. The normalized spacial score (nSPS) is 18.7. The predicted molar refractivity (Wildman–Crippen MR) is 72.7 cm³/mol. The molecule has 0 radical (unpaired) electrons. The van der Waals surface area contributed by atoms with Crippen molar-refractivity contribution in [2.75, 3.05) is 6.61 Å².